The van der Waals surface area contributed by atoms with Gasteiger partial charge in [0, 0.05) is 12.3 Å². The highest BCUT2D eigenvalue weighted by atomic mass is 16.4. The van der Waals surface area contributed by atoms with Crippen molar-refractivity contribution in [3.05, 3.63) is 0 Å². The van der Waals surface area contributed by atoms with Crippen LogP contribution < -0.4 is 5.32 Å². The third-order valence-corrected chi connectivity index (χ3v) is 3.65. The highest BCUT2D eigenvalue weighted by molar-refractivity contribution is 5.87. The highest BCUT2D eigenvalue weighted by Crippen LogP contribution is 2.57. The Labute approximate surface area is 94.4 Å². The minimum absolute atomic E-state index is 0.0448. The number of nitrogens with one attached hydrogen (secondary N) is 1. The third kappa shape index (κ3) is 1.90. The minimum atomic E-state index is -1.06. The van der Waals surface area contributed by atoms with Crippen LogP contribution in [0.15, 0.2) is 0 Å². The van der Waals surface area contributed by atoms with Crippen LogP contribution in [0.2, 0.25) is 0 Å². The maximum atomic E-state index is 11.8. The Morgan fingerprint density at radius 2 is 2.06 bits per heavy atom. The van der Waals surface area contributed by atoms with Gasteiger partial charge in [-0.15, -0.1) is 12.3 Å². The number of carboxylic acid groups (broad SMARTS) is 1. The molecule has 0 spiro atoms. The van der Waals surface area contributed by atoms with Crippen molar-refractivity contribution in [2.75, 3.05) is 0 Å². The Morgan fingerprint density at radius 3 is 2.56 bits per heavy atom. The highest BCUT2D eigenvalue weighted by Gasteiger charge is 2.56. The normalized spacial score (nSPS) is 32.3. The van der Waals surface area contributed by atoms with Crippen molar-refractivity contribution in [2.45, 2.75) is 31.7 Å². The smallest absolute Gasteiger partial charge is 0.327 e. The number of hydrogen-bond donors (Lipinski definition) is 2. The van der Waals surface area contributed by atoms with Crippen LogP contribution in [0.25, 0.3) is 0 Å². The first-order chi connectivity index (χ1) is 7.65. The first-order valence-electron chi connectivity index (χ1n) is 5.61. The second-order valence-electron chi connectivity index (χ2n) is 4.59. The molecule has 0 heterocycles. The molecule has 1 amide bonds. The molecule has 2 fully saturated rings. The fraction of sp³-hybridized carbons (Fsp3) is 0.667. The zero-order chi connectivity index (χ0) is 11.7. The molecule has 4 heteroatoms. The van der Waals surface area contributed by atoms with E-state index in [1.807, 2.05) is 0 Å². The summed E-state index contributed by atoms with van der Waals surface area (Å²) in [5, 5.41) is 11.4. The molecule has 16 heavy (non-hydrogen) atoms. The van der Waals surface area contributed by atoms with Crippen molar-refractivity contribution in [1.29, 1.82) is 0 Å². The Morgan fingerprint density at radius 1 is 1.44 bits per heavy atom. The predicted molar refractivity (Wildman–Crippen MR) is 57.3 cm³/mol. The fourth-order valence-electron chi connectivity index (χ4n) is 2.80. The summed E-state index contributed by atoms with van der Waals surface area (Å²) in [5.74, 6) is 2.13. The Bertz CT molecular complexity index is 348. The van der Waals surface area contributed by atoms with Crippen LogP contribution in [0.5, 0.6) is 0 Å². The van der Waals surface area contributed by atoms with E-state index < -0.39 is 12.0 Å². The van der Waals surface area contributed by atoms with E-state index in [1.165, 1.54) is 6.42 Å². The van der Waals surface area contributed by atoms with Crippen molar-refractivity contribution in [3.8, 4) is 12.3 Å². The van der Waals surface area contributed by atoms with Crippen molar-refractivity contribution < 1.29 is 14.7 Å². The van der Waals surface area contributed by atoms with E-state index in [-0.39, 0.29) is 18.2 Å². The van der Waals surface area contributed by atoms with Crippen LogP contribution in [0.4, 0.5) is 0 Å². The average molecular weight is 221 g/mol. The number of carbonyl (C=O) groups is 2. The maximum absolute atomic E-state index is 11.8. The van der Waals surface area contributed by atoms with E-state index >= 15 is 0 Å². The molecule has 0 radical (unpaired) electrons. The van der Waals surface area contributed by atoms with E-state index in [9.17, 15) is 9.59 Å². The first-order valence-corrected chi connectivity index (χ1v) is 5.61. The second kappa shape index (κ2) is 4.17. The molecule has 0 bridgehead atoms. The van der Waals surface area contributed by atoms with Crippen LogP contribution >= 0.6 is 0 Å². The SMILES string of the molecule is C#CCC(NC(=O)C1C2CCCC21)C(=O)O. The summed E-state index contributed by atoms with van der Waals surface area (Å²) >= 11 is 0. The molecule has 3 unspecified atom stereocenters. The number of hydrogen-bond acceptors (Lipinski definition) is 2. The number of amides is 1. The zero-order valence-corrected chi connectivity index (χ0v) is 8.98. The van der Waals surface area contributed by atoms with Gasteiger partial charge < -0.3 is 10.4 Å². The van der Waals surface area contributed by atoms with Gasteiger partial charge in [0.05, 0.1) is 0 Å². The summed E-state index contributed by atoms with van der Waals surface area (Å²) in [6, 6.07) is -0.932. The van der Waals surface area contributed by atoms with Crippen LogP contribution in [-0.4, -0.2) is 23.0 Å². The van der Waals surface area contributed by atoms with Gasteiger partial charge in [-0.1, -0.05) is 6.42 Å². The summed E-state index contributed by atoms with van der Waals surface area (Å²) in [4.78, 5) is 22.6. The van der Waals surface area contributed by atoms with Gasteiger partial charge in [0.2, 0.25) is 5.91 Å². The summed E-state index contributed by atoms with van der Waals surface area (Å²) < 4.78 is 0. The topological polar surface area (TPSA) is 66.4 Å². The van der Waals surface area contributed by atoms with Crippen molar-refractivity contribution in [2.24, 2.45) is 17.8 Å². The second-order valence-corrected chi connectivity index (χ2v) is 4.59. The number of terminal acetylenes is 1. The standard InChI is InChI=1S/C12H15NO3/c1-2-4-9(12(15)16)13-11(14)10-7-5-3-6-8(7)10/h1,7-10H,3-6H2,(H,13,14)(H,15,16). The molecule has 0 aromatic carbocycles. The summed E-state index contributed by atoms with van der Waals surface area (Å²) in [6.45, 7) is 0. The lowest BCUT2D eigenvalue weighted by atomic mass is 10.1. The molecule has 2 saturated carbocycles. The van der Waals surface area contributed by atoms with Gasteiger partial charge in [0.15, 0.2) is 0 Å². The van der Waals surface area contributed by atoms with Crippen molar-refractivity contribution >= 4 is 11.9 Å². The summed E-state index contributed by atoms with van der Waals surface area (Å²) in [6.07, 6.45) is 8.52. The molecule has 0 aliphatic heterocycles. The van der Waals surface area contributed by atoms with Gasteiger partial charge in [-0.05, 0) is 24.7 Å². The summed E-state index contributed by atoms with van der Waals surface area (Å²) in [7, 11) is 0. The quantitative estimate of drug-likeness (QED) is 0.684. The monoisotopic (exact) mass is 221 g/mol. The molecule has 3 atom stereocenters. The molecule has 0 aromatic rings. The van der Waals surface area contributed by atoms with Gasteiger partial charge in [-0.3, -0.25) is 4.79 Å². The van der Waals surface area contributed by atoms with E-state index in [0.29, 0.717) is 11.8 Å². The first kappa shape index (κ1) is 11.0. The van der Waals surface area contributed by atoms with E-state index in [4.69, 9.17) is 11.5 Å². The third-order valence-electron chi connectivity index (χ3n) is 3.65. The molecule has 86 valence electrons. The number of aliphatic carboxylic acids is 1. The zero-order valence-electron chi connectivity index (χ0n) is 8.98. The Balaban J connectivity index is 1.87. The largest absolute Gasteiger partial charge is 0.480 e. The minimum Gasteiger partial charge on any atom is -0.480 e. The van der Waals surface area contributed by atoms with E-state index in [1.54, 1.807) is 0 Å². The van der Waals surface area contributed by atoms with E-state index in [2.05, 4.69) is 11.2 Å². The number of carboxylic acids is 1. The van der Waals surface area contributed by atoms with Crippen LogP contribution in [0, 0.1) is 30.1 Å². The maximum Gasteiger partial charge on any atom is 0.327 e. The number of carbonyl (C=O) groups excluding carboxylic acids is 1. The molecular weight excluding hydrogens is 206 g/mol. The number of rotatable bonds is 4. The predicted octanol–water partition coefficient (Wildman–Crippen LogP) is 0.625. The van der Waals surface area contributed by atoms with Crippen LogP contribution in [0.1, 0.15) is 25.7 Å². The molecular formula is C12H15NO3. The van der Waals surface area contributed by atoms with E-state index in [0.717, 1.165) is 12.8 Å². The molecule has 2 rings (SSSR count). The fourth-order valence-corrected chi connectivity index (χ4v) is 2.80. The van der Waals surface area contributed by atoms with Crippen molar-refractivity contribution in [3.63, 3.8) is 0 Å². The van der Waals surface area contributed by atoms with Gasteiger partial charge in [0.1, 0.15) is 6.04 Å². The molecule has 4 nitrogen and oxygen atoms in total. The van der Waals surface area contributed by atoms with Crippen LogP contribution in [0.3, 0.4) is 0 Å². The van der Waals surface area contributed by atoms with Crippen LogP contribution in [-0.2, 0) is 9.59 Å². The van der Waals surface area contributed by atoms with Gasteiger partial charge in [0.25, 0.3) is 0 Å². The molecule has 2 aliphatic rings. The number of fused-ring (bicyclic) bond motifs is 1. The van der Waals surface area contributed by atoms with Gasteiger partial charge >= 0.3 is 5.97 Å². The average Bonchev–Trinajstić information content (AvgIpc) is 2.72. The Kier molecular flexibility index (Phi) is 2.86. The molecule has 0 aromatic heterocycles. The lowest BCUT2D eigenvalue weighted by molar-refractivity contribution is -0.142. The van der Waals surface area contributed by atoms with Gasteiger partial charge in [-0.25, -0.2) is 4.79 Å². The lowest BCUT2D eigenvalue weighted by Crippen LogP contribution is -2.41. The van der Waals surface area contributed by atoms with Gasteiger partial charge in [-0.2, -0.15) is 0 Å². The van der Waals surface area contributed by atoms with Crippen molar-refractivity contribution in [1.82, 2.24) is 5.32 Å². The summed E-state index contributed by atoms with van der Waals surface area (Å²) in [5.41, 5.74) is 0. The molecule has 2 aliphatic carbocycles. The molecule has 2 N–H and O–H groups in total. The lowest BCUT2D eigenvalue weighted by Gasteiger charge is -2.12. The Hall–Kier alpha value is -1.50. The molecule has 0 saturated heterocycles.